The highest BCUT2D eigenvalue weighted by molar-refractivity contribution is 9.15. The first-order valence-corrected chi connectivity index (χ1v) is 14.9. The summed E-state index contributed by atoms with van der Waals surface area (Å²) in [5.41, 5.74) is 8.56. The van der Waals surface area contributed by atoms with E-state index in [1.165, 1.54) is 0 Å². The number of rotatable bonds is 5. The third kappa shape index (κ3) is 8.81. The number of carbonyl (C=O) groups is 4. The van der Waals surface area contributed by atoms with E-state index >= 15 is 0 Å². The van der Waals surface area contributed by atoms with Crippen LogP contribution in [0.4, 0.5) is 0 Å². The summed E-state index contributed by atoms with van der Waals surface area (Å²) >= 11 is 24.8. The summed E-state index contributed by atoms with van der Waals surface area (Å²) in [6.45, 7) is 1.19. The molecule has 0 aliphatic carbocycles. The average Bonchev–Trinajstić information content (AvgIpc) is 2.80. The first kappa shape index (κ1) is 36.1. The van der Waals surface area contributed by atoms with Crippen LogP contribution in [0.3, 0.4) is 0 Å². The lowest BCUT2D eigenvalue weighted by Gasteiger charge is -2.11. The van der Waals surface area contributed by atoms with Crippen LogP contribution in [-0.4, -0.2) is 57.4 Å². The summed E-state index contributed by atoms with van der Waals surface area (Å²) in [5, 5.41) is 35.9. The Morgan fingerprint density at radius 1 is 0.417 bits per heavy atom. The van der Waals surface area contributed by atoms with E-state index < -0.39 is 23.9 Å². The number of hydrogen-bond acceptors (Lipinski definition) is 6. The van der Waals surface area contributed by atoms with E-state index in [0.29, 0.717) is 31.0 Å². The molecule has 8 N–H and O–H groups in total. The second kappa shape index (κ2) is 16.2. The van der Waals surface area contributed by atoms with Gasteiger partial charge in [-0.25, -0.2) is 19.2 Å². The number of nitrogens with two attached hydrogens (primary N) is 2. The number of carboxylic acids is 4. The Labute approximate surface area is 270 Å². The largest absolute Gasteiger partial charge is 0.478 e. The molecule has 0 bridgehead atoms. The second-order valence-corrected chi connectivity index (χ2v) is 12.2. The van der Waals surface area contributed by atoms with Crippen molar-refractivity contribution in [2.24, 2.45) is 11.5 Å². The molecule has 2 aromatic carbocycles. The van der Waals surface area contributed by atoms with Crippen molar-refractivity contribution in [2.45, 2.75) is 0 Å². The molecule has 0 unspecified atom stereocenters. The van der Waals surface area contributed by atoms with Crippen LogP contribution in [0.25, 0.3) is 0 Å². The van der Waals surface area contributed by atoms with Crippen molar-refractivity contribution in [3.8, 4) is 0 Å². The topological polar surface area (TPSA) is 201 Å². The number of aromatic carboxylic acids is 4. The summed E-state index contributed by atoms with van der Waals surface area (Å²) in [7, 11) is 0. The maximum atomic E-state index is 11.0. The minimum absolute atomic E-state index is 0.174. The normalized spacial score (nSPS) is 9.94. The van der Waals surface area contributed by atoms with E-state index in [2.05, 4.69) is 127 Å². The number of carboxylic acid groups (broad SMARTS) is 4. The Morgan fingerprint density at radius 3 is 0.639 bits per heavy atom. The molecule has 2 rings (SSSR count). The fourth-order valence-corrected chi connectivity index (χ4v) is 6.98. The van der Waals surface area contributed by atoms with Gasteiger partial charge >= 0.3 is 23.9 Å². The van der Waals surface area contributed by atoms with Gasteiger partial charge in [-0.1, -0.05) is 0 Å². The molecule has 0 spiro atoms. The van der Waals surface area contributed by atoms with Crippen LogP contribution in [0.15, 0.2) is 35.8 Å². The van der Waals surface area contributed by atoms with Crippen LogP contribution in [0.5, 0.6) is 0 Å². The minimum atomic E-state index is -1.32. The van der Waals surface area contributed by atoms with Crippen LogP contribution in [0.2, 0.25) is 0 Å². The molecule has 0 fully saturated rings. The molecular weight excluding hydrogens is 1010 g/mol. The Hall–Kier alpha value is 0.0800. The Morgan fingerprint density at radius 2 is 0.556 bits per heavy atom. The van der Waals surface area contributed by atoms with Crippen LogP contribution in [-0.2, 0) is 0 Å². The summed E-state index contributed by atoms with van der Waals surface area (Å²) < 4.78 is 2.42. The van der Waals surface area contributed by atoms with Gasteiger partial charge in [0.2, 0.25) is 0 Å². The smallest absolute Gasteiger partial charge is 0.337 e. The van der Waals surface area contributed by atoms with Crippen molar-refractivity contribution >= 4 is 151 Å². The van der Waals surface area contributed by atoms with Gasteiger partial charge in [0.15, 0.2) is 0 Å². The molecule has 0 heterocycles. The summed E-state index contributed by atoms with van der Waals surface area (Å²) in [4.78, 5) is 44.0. The molecule has 0 radical (unpaired) electrons. The molecular formula is C18H12Br8N2O8. The van der Waals surface area contributed by atoms with Crippen LogP contribution in [0, 0.1) is 0 Å². The van der Waals surface area contributed by atoms with Crippen LogP contribution >= 0.6 is 127 Å². The second-order valence-electron chi connectivity index (χ2n) is 5.81. The Bertz CT molecular complexity index is 1040. The van der Waals surface area contributed by atoms with Gasteiger partial charge in [-0.15, -0.1) is 0 Å². The van der Waals surface area contributed by atoms with Crippen molar-refractivity contribution in [3.05, 3.63) is 58.0 Å². The van der Waals surface area contributed by atoms with Crippen LogP contribution < -0.4 is 11.5 Å². The van der Waals surface area contributed by atoms with E-state index in [9.17, 15) is 19.2 Å². The summed E-state index contributed by atoms with van der Waals surface area (Å²) in [5.74, 6) is -5.28. The quantitative estimate of drug-likeness (QED) is 0.132. The number of benzene rings is 2. The number of halogens is 8. The first-order valence-electron chi connectivity index (χ1n) is 8.54. The van der Waals surface area contributed by atoms with Gasteiger partial charge in [0.25, 0.3) is 0 Å². The summed E-state index contributed by atoms with van der Waals surface area (Å²) in [6.07, 6.45) is 0. The predicted molar refractivity (Wildman–Crippen MR) is 160 cm³/mol. The monoisotopic (exact) mass is 1020 g/mol. The first-order chi connectivity index (χ1) is 16.5. The predicted octanol–water partition coefficient (Wildman–Crippen LogP) is 7.17. The number of hydrogen-bond donors (Lipinski definition) is 6. The van der Waals surface area contributed by atoms with Gasteiger partial charge in [0.05, 0.1) is 22.3 Å². The molecule has 0 aliphatic rings. The zero-order valence-corrected chi connectivity index (χ0v) is 29.7. The fraction of sp³-hybridized carbons (Fsp3) is 0.111. The molecule has 0 atom stereocenters. The third-order valence-corrected chi connectivity index (χ3v) is 13.1. The molecule has 0 saturated carbocycles. The van der Waals surface area contributed by atoms with Crippen molar-refractivity contribution in [3.63, 3.8) is 0 Å². The molecule has 10 nitrogen and oxygen atoms in total. The molecule has 0 amide bonds. The SMILES string of the molecule is NCCN.O=C(O)c1c(Br)c(Br)c(Br)c(Br)c1C(=O)O.O=C(O)c1c(Br)c(Br)c(Br)c(Br)c1C(=O)O. The van der Waals surface area contributed by atoms with Gasteiger partial charge in [-0.2, -0.15) is 0 Å². The standard InChI is InChI=1S/2C8H2Br4O4.C2H8N2/c2*9-3-1(7(13)14)2(8(15)16)4(10)6(12)5(3)11;3-1-2-4/h2*(H,13,14)(H,15,16);1-4H2. The zero-order valence-electron chi connectivity index (χ0n) is 17.0. The van der Waals surface area contributed by atoms with Crippen molar-refractivity contribution in [1.29, 1.82) is 0 Å². The molecule has 36 heavy (non-hydrogen) atoms. The molecule has 198 valence electrons. The van der Waals surface area contributed by atoms with Crippen molar-refractivity contribution in [2.75, 3.05) is 13.1 Å². The summed E-state index contributed by atoms with van der Waals surface area (Å²) in [6, 6.07) is 0. The van der Waals surface area contributed by atoms with Crippen LogP contribution in [0.1, 0.15) is 41.4 Å². The fourth-order valence-electron chi connectivity index (χ4n) is 2.07. The molecule has 0 aliphatic heterocycles. The third-order valence-electron chi connectivity index (χ3n) is 3.56. The highest BCUT2D eigenvalue weighted by Crippen LogP contribution is 2.43. The van der Waals surface area contributed by atoms with E-state index in [0.717, 1.165) is 0 Å². The van der Waals surface area contributed by atoms with Gasteiger partial charge in [-0.05, 0) is 127 Å². The van der Waals surface area contributed by atoms with Gasteiger partial charge in [0.1, 0.15) is 0 Å². The van der Waals surface area contributed by atoms with Gasteiger partial charge in [0, 0.05) is 48.9 Å². The van der Waals surface area contributed by atoms with Gasteiger partial charge in [-0.3, -0.25) is 0 Å². The van der Waals surface area contributed by atoms with E-state index in [1.54, 1.807) is 0 Å². The van der Waals surface area contributed by atoms with Crippen molar-refractivity contribution in [1.82, 2.24) is 0 Å². The highest BCUT2D eigenvalue weighted by atomic mass is 79.9. The zero-order chi connectivity index (χ0) is 28.7. The minimum Gasteiger partial charge on any atom is -0.478 e. The Balaban J connectivity index is 0.000000593. The Kier molecular flexibility index (Phi) is 16.3. The molecule has 18 heteroatoms. The molecule has 0 aromatic heterocycles. The lowest BCUT2D eigenvalue weighted by Crippen LogP contribution is -2.11. The molecule has 2 aromatic rings. The van der Waals surface area contributed by atoms with E-state index in [1.807, 2.05) is 0 Å². The lowest BCUT2D eigenvalue weighted by atomic mass is 10.1. The molecule has 0 saturated heterocycles. The lowest BCUT2D eigenvalue weighted by molar-refractivity contribution is 0.0649. The van der Waals surface area contributed by atoms with E-state index in [4.69, 9.17) is 31.9 Å². The highest BCUT2D eigenvalue weighted by Gasteiger charge is 2.28. The van der Waals surface area contributed by atoms with Gasteiger partial charge < -0.3 is 31.9 Å². The van der Waals surface area contributed by atoms with Crippen molar-refractivity contribution < 1.29 is 39.6 Å². The maximum absolute atomic E-state index is 11.0. The maximum Gasteiger partial charge on any atom is 0.337 e. The van der Waals surface area contributed by atoms with E-state index in [-0.39, 0.29) is 40.1 Å². The average molecular weight is 1020 g/mol.